The molecule has 0 aliphatic heterocycles. The topological polar surface area (TPSA) is 41.6 Å². The molecule has 1 aromatic carbocycles. The Bertz CT molecular complexity index is 625. The number of nitrogens with zero attached hydrogens (tertiary/aromatic N) is 3. The monoisotopic (exact) mass is 309 g/mol. The first-order valence-electron chi connectivity index (χ1n) is 4.96. The van der Waals surface area contributed by atoms with Gasteiger partial charge in [-0.1, -0.05) is 11.6 Å². The van der Waals surface area contributed by atoms with Crippen molar-refractivity contribution in [3.63, 3.8) is 0 Å². The van der Waals surface area contributed by atoms with E-state index < -0.39 is 0 Å². The molecule has 0 unspecified atom stereocenters. The molecule has 86 valence electrons. The maximum atomic E-state index is 8.81. The van der Waals surface area contributed by atoms with Crippen molar-refractivity contribution in [1.82, 2.24) is 9.78 Å². The van der Waals surface area contributed by atoms with Crippen LogP contribution in [0.2, 0.25) is 5.02 Å². The summed E-state index contributed by atoms with van der Waals surface area (Å²) < 4.78 is 2.59. The van der Waals surface area contributed by atoms with E-state index >= 15 is 0 Å². The molecule has 0 saturated carbocycles. The van der Waals surface area contributed by atoms with Gasteiger partial charge in [-0.15, -0.1) is 0 Å². The number of halogens is 2. The fraction of sp³-hybridized carbons (Fsp3) is 0.167. The molecule has 0 amide bonds. The van der Waals surface area contributed by atoms with E-state index in [1.54, 1.807) is 16.8 Å². The molecule has 2 aromatic rings. The van der Waals surface area contributed by atoms with E-state index in [4.69, 9.17) is 16.9 Å². The minimum Gasteiger partial charge on any atom is -0.235 e. The van der Waals surface area contributed by atoms with Crippen LogP contribution in [-0.4, -0.2) is 9.78 Å². The van der Waals surface area contributed by atoms with Crippen molar-refractivity contribution < 1.29 is 0 Å². The van der Waals surface area contributed by atoms with E-state index in [2.05, 4.69) is 27.1 Å². The fourth-order valence-corrected chi connectivity index (χ4v) is 2.27. The molecule has 0 spiro atoms. The first-order chi connectivity index (χ1) is 8.04. The largest absolute Gasteiger partial charge is 0.235 e. The molecule has 5 heteroatoms. The highest BCUT2D eigenvalue weighted by Crippen LogP contribution is 2.27. The molecule has 0 atom stereocenters. The molecule has 0 bridgehead atoms. The zero-order valence-electron chi connectivity index (χ0n) is 9.33. The number of aryl methyl sites for hydroxylation is 1. The Balaban J connectivity index is 2.62. The normalized spacial score (nSPS) is 10.3. The van der Waals surface area contributed by atoms with Crippen molar-refractivity contribution in [3.8, 4) is 11.8 Å². The van der Waals surface area contributed by atoms with Crippen LogP contribution in [0, 0.1) is 25.2 Å². The van der Waals surface area contributed by atoms with E-state index in [1.165, 1.54) is 0 Å². The molecular weight excluding hydrogens is 302 g/mol. The third-order valence-electron chi connectivity index (χ3n) is 2.51. The summed E-state index contributed by atoms with van der Waals surface area (Å²) in [6, 6.07) is 7.46. The summed E-state index contributed by atoms with van der Waals surface area (Å²) in [4.78, 5) is 0. The van der Waals surface area contributed by atoms with Crippen LogP contribution in [0.5, 0.6) is 0 Å². The zero-order chi connectivity index (χ0) is 12.6. The third kappa shape index (κ3) is 2.08. The van der Waals surface area contributed by atoms with Crippen LogP contribution in [0.1, 0.15) is 17.0 Å². The van der Waals surface area contributed by atoms with Crippen LogP contribution in [-0.2, 0) is 0 Å². The summed E-state index contributed by atoms with van der Waals surface area (Å²) in [6.45, 7) is 3.77. The second-order valence-electron chi connectivity index (χ2n) is 3.67. The Hall–Kier alpha value is -1.31. The van der Waals surface area contributed by atoms with Gasteiger partial charge in [-0.3, -0.25) is 0 Å². The zero-order valence-corrected chi connectivity index (χ0v) is 11.7. The molecule has 0 saturated heterocycles. The number of rotatable bonds is 1. The second kappa shape index (κ2) is 4.52. The molecule has 2 rings (SSSR count). The van der Waals surface area contributed by atoms with Crippen molar-refractivity contribution in [2.45, 2.75) is 13.8 Å². The van der Waals surface area contributed by atoms with Crippen molar-refractivity contribution in [2.24, 2.45) is 0 Å². The number of hydrogen-bond acceptors (Lipinski definition) is 2. The predicted molar refractivity (Wildman–Crippen MR) is 70.5 cm³/mol. The smallest absolute Gasteiger partial charge is 0.0992 e. The van der Waals surface area contributed by atoms with Crippen molar-refractivity contribution in [3.05, 3.63) is 44.6 Å². The number of hydrogen-bond donors (Lipinski definition) is 0. The molecule has 3 nitrogen and oxygen atoms in total. The molecule has 1 heterocycles. The SMILES string of the molecule is Cc1nn(-c2ccc(C#N)cc2Br)c(C)c1Cl. The molecular formula is C12H9BrClN3. The summed E-state index contributed by atoms with van der Waals surface area (Å²) in [5, 5.41) is 13.8. The van der Waals surface area contributed by atoms with E-state index in [1.807, 2.05) is 19.9 Å². The van der Waals surface area contributed by atoms with Crippen LogP contribution in [0.4, 0.5) is 0 Å². The van der Waals surface area contributed by atoms with Crippen molar-refractivity contribution >= 4 is 27.5 Å². The Morgan fingerprint density at radius 2 is 2.12 bits per heavy atom. The first-order valence-corrected chi connectivity index (χ1v) is 6.13. The van der Waals surface area contributed by atoms with E-state index in [-0.39, 0.29) is 0 Å². The molecule has 0 aliphatic rings. The van der Waals surface area contributed by atoms with E-state index in [0.717, 1.165) is 21.5 Å². The summed E-state index contributed by atoms with van der Waals surface area (Å²) in [5.74, 6) is 0. The Morgan fingerprint density at radius 1 is 1.41 bits per heavy atom. The minimum atomic E-state index is 0.605. The molecule has 1 aromatic heterocycles. The highest BCUT2D eigenvalue weighted by atomic mass is 79.9. The molecule has 0 radical (unpaired) electrons. The van der Waals surface area contributed by atoms with Gasteiger partial charge in [-0.25, -0.2) is 4.68 Å². The molecule has 0 N–H and O–H groups in total. The highest BCUT2D eigenvalue weighted by molar-refractivity contribution is 9.10. The number of nitriles is 1. The lowest BCUT2D eigenvalue weighted by Gasteiger charge is -2.07. The van der Waals surface area contributed by atoms with Gasteiger partial charge in [0.1, 0.15) is 0 Å². The average Bonchev–Trinajstić information content (AvgIpc) is 2.57. The molecule has 17 heavy (non-hydrogen) atoms. The Kier molecular flexibility index (Phi) is 3.23. The summed E-state index contributed by atoms with van der Waals surface area (Å²) in [6.07, 6.45) is 0. The Labute approximate surface area is 113 Å². The average molecular weight is 311 g/mol. The van der Waals surface area contributed by atoms with Gasteiger partial charge in [0.05, 0.1) is 33.7 Å². The lowest BCUT2D eigenvalue weighted by molar-refractivity contribution is 0.830. The first kappa shape index (κ1) is 12.2. The van der Waals surface area contributed by atoms with Gasteiger partial charge in [0.25, 0.3) is 0 Å². The van der Waals surface area contributed by atoms with E-state index in [9.17, 15) is 0 Å². The quantitative estimate of drug-likeness (QED) is 0.804. The van der Waals surface area contributed by atoms with Crippen LogP contribution in [0.15, 0.2) is 22.7 Å². The van der Waals surface area contributed by atoms with Crippen molar-refractivity contribution in [1.29, 1.82) is 5.26 Å². The number of benzene rings is 1. The van der Waals surface area contributed by atoms with Crippen LogP contribution >= 0.6 is 27.5 Å². The highest BCUT2D eigenvalue weighted by Gasteiger charge is 2.12. The molecule has 0 aliphatic carbocycles. The van der Waals surface area contributed by atoms with Crippen LogP contribution in [0.25, 0.3) is 5.69 Å². The van der Waals surface area contributed by atoms with Gasteiger partial charge in [-0.05, 0) is 48.0 Å². The minimum absolute atomic E-state index is 0.605. The third-order valence-corrected chi connectivity index (χ3v) is 3.69. The molecule has 0 fully saturated rings. The van der Waals surface area contributed by atoms with Crippen LogP contribution in [0.3, 0.4) is 0 Å². The summed E-state index contributed by atoms with van der Waals surface area (Å²) >= 11 is 9.55. The lowest BCUT2D eigenvalue weighted by atomic mass is 10.2. The number of aromatic nitrogens is 2. The van der Waals surface area contributed by atoms with Gasteiger partial charge in [0.2, 0.25) is 0 Å². The van der Waals surface area contributed by atoms with Crippen molar-refractivity contribution in [2.75, 3.05) is 0 Å². The lowest BCUT2D eigenvalue weighted by Crippen LogP contribution is -2.00. The fourth-order valence-electron chi connectivity index (χ4n) is 1.61. The Morgan fingerprint density at radius 3 is 2.59 bits per heavy atom. The van der Waals surface area contributed by atoms with Gasteiger partial charge >= 0.3 is 0 Å². The van der Waals surface area contributed by atoms with Gasteiger partial charge in [0.15, 0.2) is 0 Å². The predicted octanol–water partition coefficient (Wildman–Crippen LogP) is 3.78. The van der Waals surface area contributed by atoms with Gasteiger partial charge in [-0.2, -0.15) is 10.4 Å². The second-order valence-corrected chi connectivity index (χ2v) is 4.91. The van der Waals surface area contributed by atoms with Crippen LogP contribution < -0.4 is 0 Å². The maximum Gasteiger partial charge on any atom is 0.0992 e. The standard InChI is InChI=1S/C12H9BrClN3/c1-7-12(14)8(2)17(16-7)11-4-3-9(6-15)5-10(11)13/h3-5H,1-2H3. The van der Waals surface area contributed by atoms with E-state index in [0.29, 0.717) is 10.6 Å². The maximum absolute atomic E-state index is 8.81. The van der Waals surface area contributed by atoms with Gasteiger partial charge < -0.3 is 0 Å². The summed E-state index contributed by atoms with van der Waals surface area (Å²) in [7, 11) is 0. The van der Waals surface area contributed by atoms with Gasteiger partial charge in [0, 0.05) is 4.47 Å². The summed E-state index contributed by atoms with van der Waals surface area (Å²) in [5.41, 5.74) is 3.15.